The zero-order valence-electron chi connectivity index (χ0n) is 52.9. The van der Waals surface area contributed by atoms with Crippen LogP contribution in [0.3, 0.4) is 0 Å². The molecule has 0 radical (unpaired) electrons. The van der Waals surface area contributed by atoms with E-state index in [1.807, 2.05) is 117 Å². The third-order valence-electron chi connectivity index (χ3n) is 13.5. The number of rotatable bonds is 30. The zero-order valence-corrected chi connectivity index (χ0v) is 65.0. The molecule has 0 aliphatic carbocycles. The van der Waals surface area contributed by atoms with Gasteiger partial charge in [0.2, 0.25) is 17.7 Å². The second-order valence-electron chi connectivity index (χ2n) is 23.0. The predicted octanol–water partition coefficient (Wildman–Crippen LogP) is -7.81. The number of fused-ring (bicyclic) bond motifs is 3. The van der Waals surface area contributed by atoms with Crippen LogP contribution in [0.2, 0.25) is 0 Å². The number of hydrogen-bond donors (Lipinski definition) is 15. The Morgan fingerprint density at radius 3 is 0.822 bits per heavy atom. The Balaban J connectivity index is 0.000000664. The fourth-order valence-electron chi connectivity index (χ4n) is 9.39. The molecule has 27 nitrogen and oxygen atoms in total. The normalized spacial score (nSPS) is 13.7. The minimum atomic E-state index is -4.36. The molecule has 0 aliphatic rings. The quantitative estimate of drug-likeness (QED) is 0.0147. The van der Waals surface area contributed by atoms with Crippen molar-refractivity contribution in [1.29, 1.82) is 0 Å². The van der Waals surface area contributed by atoms with Gasteiger partial charge in [-0.2, -0.15) is 0 Å². The van der Waals surface area contributed by atoms with Gasteiger partial charge in [0.1, 0.15) is 0 Å². The van der Waals surface area contributed by atoms with Crippen LogP contribution in [0.5, 0.6) is 0 Å². The number of carbonyl (C=O) groups excluding carboxylic acids is 6. The number of benzene rings is 3. The van der Waals surface area contributed by atoms with Crippen LogP contribution in [0.15, 0.2) is 73.2 Å². The van der Waals surface area contributed by atoms with Gasteiger partial charge >= 0.3 is 177 Å². The Kier molecular flexibility index (Phi) is 38.5. The summed E-state index contributed by atoms with van der Waals surface area (Å²) in [5, 5.41) is 52.5. The fraction of sp³-hybridized carbons (Fsp3) is 0.474. The molecule has 0 aliphatic heterocycles. The van der Waals surface area contributed by atoms with Crippen molar-refractivity contribution in [3.05, 3.63) is 107 Å². The van der Waals surface area contributed by atoms with Gasteiger partial charge in [-0.25, -0.2) is 0 Å². The van der Waals surface area contributed by atoms with E-state index in [0.717, 1.165) is 66.1 Å². The Morgan fingerprint density at radius 2 is 0.633 bits per heavy atom. The summed E-state index contributed by atoms with van der Waals surface area (Å²) < 4.78 is 33.4. The number of nitrogens with one attached hydrogen (secondary N) is 9. The maximum atomic E-state index is 12.6. The molecule has 3 amide bonds. The number of aromatic nitrogens is 3. The van der Waals surface area contributed by atoms with Crippen LogP contribution in [0, 0.1) is 38.5 Å². The number of carboxylic acids is 3. The Morgan fingerprint density at radius 1 is 0.411 bits per heavy atom. The summed E-state index contributed by atoms with van der Waals surface area (Å²) in [5.41, 5.74) is 7.80. The predicted molar refractivity (Wildman–Crippen MR) is 321 cm³/mol. The van der Waals surface area contributed by atoms with Crippen molar-refractivity contribution in [2.24, 2.45) is 17.8 Å². The molecular formula is C57H81K3N9O18P3. The van der Waals surface area contributed by atoms with E-state index < -0.39 is 114 Å². The van der Waals surface area contributed by atoms with Crippen LogP contribution >= 0.6 is 22.8 Å². The molecule has 3 aromatic heterocycles. The topological polar surface area (TPSA) is 464 Å². The van der Waals surface area contributed by atoms with Gasteiger partial charge in [-0.1, -0.05) is 76.4 Å². The third-order valence-corrected chi connectivity index (χ3v) is 15.3. The van der Waals surface area contributed by atoms with Gasteiger partial charge in [0.25, 0.3) is 0 Å². The molecule has 0 saturated heterocycles. The van der Waals surface area contributed by atoms with Crippen molar-refractivity contribution < 1.29 is 241 Å². The number of carbonyl (C=O) groups is 6. The van der Waals surface area contributed by atoms with E-state index in [-0.39, 0.29) is 210 Å². The summed E-state index contributed by atoms with van der Waals surface area (Å²) in [7, 11) is -13.1. The van der Waals surface area contributed by atoms with Gasteiger partial charge in [0.05, 0.1) is 73.0 Å². The van der Waals surface area contributed by atoms with E-state index in [2.05, 4.69) is 46.9 Å². The second-order valence-corrected chi connectivity index (χ2v) is 27.9. The molecule has 3 heterocycles. The number of aryl methyl sites for hydroxylation is 3. The Labute approximate surface area is 650 Å². The smallest absolute Gasteiger partial charge is 0.548 e. The monoisotopic (exact) mass is 1390 g/mol. The first-order valence-corrected chi connectivity index (χ1v) is 33.3. The minimum absolute atomic E-state index is 0. The van der Waals surface area contributed by atoms with Crippen LogP contribution in [0.25, 0.3) is 32.7 Å². The first-order chi connectivity index (χ1) is 40.4. The summed E-state index contributed by atoms with van der Waals surface area (Å²) >= 11 is 0. The first-order valence-electron chi connectivity index (χ1n) is 28.0. The van der Waals surface area contributed by atoms with E-state index in [0.29, 0.717) is 0 Å². The van der Waals surface area contributed by atoms with E-state index in [1.54, 1.807) is 18.6 Å². The molecular weight excluding hydrogens is 1310 g/mol. The van der Waals surface area contributed by atoms with Crippen molar-refractivity contribution in [1.82, 2.24) is 46.9 Å². The molecule has 6 rings (SSSR count). The number of aliphatic carboxylic acids is 3. The number of aromatic amines is 3. The van der Waals surface area contributed by atoms with E-state index in [9.17, 15) is 57.8 Å². The molecule has 90 heavy (non-hydrogen) atoms. The van der Waals surface area contributed by atoms with Gasteiger partial charge in [-0.15, -0.1) is 0 Å². The summed E-state index contributed by atoms with van der Waals surface area (Å²) in [5.74, 6) is -6.07. The maximum Gasteiger partial charge on any atom is 1.00 e. The van der Waals surface area contributed by atoms with E-state index in [4.69, 9.17) is 29.4 Å². The molecule has 0 bridgehead atoms. The Bertz CT molecular complexity index is 3140. The van der Waals surface area contributed by atoms with Crippen molar-refractivity contribution >= 4 is 91.1 Å². The first kappa shape index (κ1) is 86.4. The van der Waals surface area contributed by atoms with Gasteiger partial charge in [0.15, 0.2) is 0 Å². The number of carboxylic acid groups (broad SMARTS) is 3. The average molecular weight is 1390 g/mol. The maximum absolute atomic E-state index is 12.6. The van der Waals surface area contributed by atoms with Crippen molar-refractivity contribution in [2.45, 2.75) is 137 Å². The molecule has 15 N–H and O–H groups in total. The molecule has 480 valence electrons. The molecule has 6 aromatic rings. The molecule has 0 spiro atoms. The SMILES string of the molecule is Cc1ccc2[nH]cc(CC(NC(=O)[C@H](CC(C)C)NCP(=O)(O)O)C(=O)[O-])c2c1.Cc1ccc2[nH]cc(CC(NC(=O)[C@H](CC(C)C)NCP(=O)(O)O)C(=O)[O-])c2c1.Cc1ccc2[nH]cc(CC(NC(=O)[C@H](CC(C)C)NCP(=O)(O)O)C(=O)[O-])c2c1.[K+].[K+].[K+]. The van der Waals surface area contributed by atoms with Crippen molar-refractivity contribution in [2.75, 3.05) is 18.9 Å². The van der Waals surface area contributed by atoms with E-state index in [1.165, 1.54) is 0 Å². The minimum Gasteiger partial charge on any atom is -0.548 e. The number of hydrogen-bond acceptors (Lipinski definition) is 15. The van der Waals surface area contributed by atoms with Gasteiger partial charge < -0.3 is 90.0 Å². The summed E-state index contributed by atoms with van der Waals surface area (Å²) in [6.45, 7) is 16.9. The van der Waals surface area contributed by atoms with Gasteiger partial charge in [0, 0.05) is 70.6 Å². The zero-order chi connectivity index (χ0) is 65.3. The molecule has 3 unspecified atom stereocenters. The number of amides is 3. The molecule has 0 fully saturated rings. The fourth-order valence-corrected chi connectivity index (χ4v) is 10.8. The summed E-state index contributed by atoms with van der Waals surface area (Å²) in [4.78, 5) is 136. The van der Waals surface area contributed by atoms with Crippen LogP contribution in [0.4, 0.5) is 0 Å². The van der Waals surface area contributed by atoms with Crippen LogP contribution in [0.1, 0.15) is 94.2 Å². The summed E-state index contributed by atoms with van der Waals surface area (Å²) in [6, 6.07) is 10.6. The molecule has 0 saturated carbocycles. The van der Waals surface area contributed by atoms with Crippen LogP contribution in [-0.4, -0.2) is 135 Å². The molecule has 6 atom stereocenters. The molecule has 3 aromatic carbocycles. The van der Waals surface area contributed by atoms with Crippen molar-refractivity contribution in [3.63, 3.8) is 0 Å². The number of H-pyrrole nitrogens is 3. The average Bonchev–Trinajstić information content (AvgIpc) is 1.94. The van der Waals surface area contributed by atoms with Crippen molar-refractivity contribution in [3.8, 4) is 0 Å². The summed E-state index contributed by atoms with van der Waals surface area (Å²) in [6.07, 6.45) is 4.00. The second kappa shape index (κ2) is 40.2. The van der Waals surface area contributed by atoms with Gasteiger partial charge in [-0.3, -0.25) is 44.0 Å². The standard InChI is InChI=1S/3C19H28N3O6P.3K/c3*1-11(2)6-16(21-10-29(26,27)28)18(23)22-17(19(24)25)8-13-9-20-15-5-4-12(3)7-14(13)15;;;/h3*4-5,7,9,11,16-17,20-21H,6,8,10H2,1-3H3,(H,22,23)(H,24,25)(H2,26,27,28);;;/q;;;3*+1/p-3/t3*16-,17?;;;/m000.../s1. The molecule has 33 heteroatoms. The largest absolute Gasteiger partial charge is 1.00 e. The van der Waals surface area contributed by atoms with E-state index >= 15 is 0 Å². The van der Waals surface area contributed by atoms with Gasteiger partial charge in [-0.05, 0) is 111 Å². The Hall–Kier alpha value is -1.66. The van der Waals surface area contributed by atoms with Crippen LogP contribution < -0.4 is 201 Å². The third kappa shape index (κ3) is 31.0. The van der Waals surface area contributed by atoms with Crippen LogP contribution in [-0.2, 0) is 61.7 Å².